The van der Waals surface area contributed by atoms with E-state index >= 15 is 0 Å². The largest absolute Gasteiger partial charge is 0.339 e. The molecule has 0 saturated heterocycles. The van der Waals surface area contributed by atoms with Crippen LogP contribution in [0.25, 0.3) is 0 Å². The molecular formula is C15H21NO. The van der Waals surface area contributed by atoms with Gasteiger partial charge in [-0.3, -0.25) is 4.79 Å². The normalized spacial score (nSPS) is 24.4. The molecule has 1 aromatic rings. The van der Waals surface area contributed by atoms with E-state index in [0.717, 1.165) is 24.3 Å². The van der Waals surface area contributed by atoms with E-state index in [2.05, 4.69) is 6.92 Å². The second kappa shape index (κ2) is 5.35. The van der Waals surface area contributed by atoms with Gasteiger partial charge in [-0.05, 0) is 43.7 Å². The molecule has 0 aromatic heterocycles. The monoisotopic (exact) mass is 231 g/mol. The quantitative estimate of drug-likeness (QED) is 0.764. The molecular weight excluding hydrogens is 210 g/mol. The van der Waals surface area contributed by atoms with Crippen LogP contribution in [0.15, 0.2) is 30.3 Å². The molecule has 0 heterocycles. The van der Waals surface area contributed by atoms with Crippen LogP contribution in [0, 0.1) is 5.92 Å². The molecule has 17 heavy (non-hydrogen) atoms. The molecule has 1 aliphatic carbocycles. The lowest BCUT2D eigenvalue weighted by Crippen LogP contribution is -2.39. The Morgan fingerprint density at radius 1 is 1.12 bits per heavy atom. The maximum Gasteiger partial charge on any atom is 0.253 e. The summed E-state index contributed by atoms with van der Waals surface area (Å²) in [4.78, 5) is 14.2. The summed E-state index contributed by atoms with van der Waals surface area (Å²) in [7, 11) is 1.94. The van der Waals surface area contributed by atoms with Crippen LogP contribution < -0.4 is 0 Å². The minimum atomic E-state index is 0.158. The molecule has 0 bridgehead atoms. The van der Waals surface area contributed by atoms with Crippen molar-refractivity contribution in [2.24, 2.45) is 5.92 Å². The molecule has 2 rings (SSSR count). The summed E-state index contributed by atoms with van der Waals surface area (Å²) in [6, 6.07) is 10.0. The Bertz CT molecular complexity index is 366. The molecule has 2 heteroatoms. The van der Waals surface area contributed by atoms with Crippen molar-refractivity contribution in [2.75, 3.05) is 7.05 Å². The van der Waals surface area contributed by atoms with Gasteiger partial charge in [0.25, 0.3) is 5.91 Å². The van der Waals surface area contributed by atoms with E-state index in [1.165, 1.54) is 12.8 Å². The van der Waals surface area contributed by atoms with Crippen LogP contribution in [0.5, 0.6) is 0 Å². The molecule has 2 nitrogen and oxygen atoms in total. The van der Waals surface area contributed by atoms with Crippen molar-refractivity contribution in [2.45, 2.75) is 38.6 Å². The van der Waals surface area contributed by atoms with Gasteiger partial charge < -0.3 is 4.90 Å². The van der Waals surface area contributed by atoms with Crippen molar-refractivity contribution in [3.63, 3.8) is 0 Å². The van der Waals surface area contributed by atoms with Crippen molar-refractivity contribution < 1.29 is 4.79 Å². The highest BCUT2D eigenvalue weighted by atomic mass is 16.2. The third-order valence-electron chi connectivity index (χ3n) is 3.87. The number of hydrogen-bond acceptors (Lipinski definition) is 1. The summed E-state index contributed by atoms with van der Waals surface area (Å²) in [5.41, 5.74) is 0.800. The number of hydrogen-bond donors (Lipinski definition) is 0. The SMILES string of the molecule is CN(C(=O)c1ccccc1)[C@H]1CC[C@@H](C)CC1. The molecule has 0 aliphatic heterocycles. The first kappa shape index (κ1) is 12.2. The Balaban J connectivity index is 2.00. The second-order valence-electron chi connectivity index (χ2n) is 5.20. The third-order valence-corrected chi connectivity index (χ3v) is 3.87. The Labute approximate surface area is 104 Å². The summed E-state index contributed by atoms with van der Waals surface area (Å²) in [5, 5.41) is 0. The van der Waals surface area contributed by atoms with Crippen LogP contribution in [0.3, 0.4) is 0 Å². The van der Waals surface area contributed by atoms with Crippen LogP contribution in [0.1, 0.15) is 43.0 Å². The van der Waals surface area contributed by atoms with Gasteiger partial charge in [0.15, 0.2) is 0 Å². The van der Waals surface area contributed by atoms with Gasteiger partial charge in [-0.25, -0.2) is 0 Å². The topological polar surface area (TPSA) is 20.3 Å². The molecule has 0 unspecified atom stereocenters. The zero-order chi connectivity index (χ0) is 12.3. The van der Waals surface area contributed by atoms with E-state index in [4.69, 9.17) is 0 Å². The van der Waals surface area contributed by atoms with E-state index in [1.807, 2.05) is 42.3 Å². The number of carbonyl (C=O) groups excluding carboxylic acids is 1. The van der Waals surface area contributed by atoms with Crippen LogP contribution in [-0.4, -0.2) is 23.9 Å². The van der Waals surface area contributed by atoms with Gasteiger partial charge in [0.05, 0.1) is 0 Å². The fourth-order valence-electron chi connectivity index (χ4n) is 2.58. The van der Waals surface area contributed by atoms with Crippen LogP contribution in [-0.2, 0) is 0 Å². The fraction of sp³-hybridized carbons (Fsp3) is 0.533. The zero-order valence-electron chi connectivity index (χ0n) is 10.7. The molecule has 0 atom stereocenters. The molecule has 0 radical (unpaired) electrons. The summed E-state index contributed by atoms with van der Waals surface area (Å²) < 4.78 is 0. The average Bonchev–Trinajstić information content (AvgIpc) is 2.39. The van der Waals surface area contributed by atoms with Crippen molar-refractivity contribution in [3.8, 4) is 0 Å². The molecule has 92 valence electrons. The Morgan fingerprint density at radius 2 is 1.71 bits per heavy atom. The highest BCUT2D eigenvalue weighted by molar-refractivity contribution is 5.94. The highest BCUT2D eigenvalue weighted by Crippen LogP contribution is 2.27. The average molecular weight is 231 g/mol. The predicted molar refractivity (Wildman–Crippen MR) is 70.0 cm³/mol. The maximum absolute atomic E-state index is 12.3. The van der Waals surface area contributed by atoms with Crippen LogP contribution >= 0.6 is 0 Å². The Kier molecular flexibility index (Phi) is 3.82. The predicted octanol–water partition coefficient (Wildman–Crippen LogP) is 3.34. The summed E-state index contributed by atoms with van der Waals surface area (Å²) >= 11 is 0. The third kappa shape index (κ3) is 2.87. The molecule has 1 aliphatic rings. The second-order valence-corrected chi connectivity index (χ2v) is 5.20. The molecule has 1 aromatic carbocycles. The number of benzene rings is 1. The van der Waals surface area contributed by atoms with Crippen molar-refractivity contribution in [1.82, 2.24) is 4.90 Å². The summed E-state index contributed by atoms with van der Waals surface area (Å²) in [5.74, 6) is 0.983. The number of carbonyl (C=O) groups is 1. The Hall–Kier alpha value is -1.31. The van der Waals surface area contributed by atoms with Crippen molar-refractivity contribution in [1.29, 1.82) is 0 Å². The lowest BCUT2D eigenvalue weighted by Gasteiger charge is -2.33. The number of nitrogens with zero attached hydrogens (tertiary/aromatic N) is 1. The van der Waals surface area contributed by atoms with E-state index in [-0.39, 0.29) is 5.91 Å². The lowest BCUT2D eigenvalue weighted by molar-refractivity contribution is 0.0679. The van der Waals surface area contributed by atoms with Gasteiger partial charge in [-0.1, -0.05) is 25.1 Å². The fourth-order valence-corrected chi connectivity index (χ4v) is 2.58. The maximum atomic E-state index is 12.3. The van der Waals surface area contributed by atoms with Gasteiger partial charge in [0.1, 0.15) is 0 Å². The molecule has 1 fully saturated rings. The van der Waals surface area contributed by atoms with E-state index in [0.29, 0.717) is 6.04 Å². The first-order valence-electron chi connectivity index (χ1n) is 6.50. The van der Waals surface area contributed by atoms with Gasteiger partial charge in [-0.2, -0.15) is 0 Å². The minimum Gasteiger partial charge on any atom is -0.339 e. The van der Waals surface area contributed by atoms with Crippen LogP contribution in [0.4, 0.5) is 0 Å². The summed E-state index contributed by atoms with van der Waals surface area (Å²) in [6.45, 7) is 2.30. The molecule has 0 spiro atoms. The van der Waals surface area contributed by atoms with Gasteiger partial charge in [0.2, 0.25) is 0 Å². The van der Waals surface area contributed by atoms with Gasteiger partial charge in [-0.15, -0.1) is 0 Å². The van der Waals surface area contributed by atoms with E-state index < -0.39 is 0 Å². The standard InChI is InChI=1S/C15H21NO/c1-12-8-10-14(11-9-12)16(2)15(17)13-6-4-3-5-7-13/h3-7,12,14H,8-11H2,1-2H3/t12-,14+. The minimum absolute atomic E-state index is 0.158. The van der Waals surface area contributed by atoms with Crippen molar-refractivity contribution >= 4 is 5.91 Å². The van der Waals surface area contributed by atoms with E-state index in [1.54, 1.807) is 0 Å². The number of amides is 1. The first-order chi connectivity index (χ1) is 8.18. The molecule has 0 N–H and O–H groups in total. The molecule has 1 saturated carbocycles. The highest BCUT2D eigenvalue weighted by Gasteiger charge is 2.25. The first-order valence-corrected chi connectivity index (χ1v) is 6.50. The smallest absolute Gasteiger partial charge is 0.253 e. The Morgan fingerprint density at radius 3 is 2.29 bits per heavy atom. The van der Waals surface area contributed by atoms with E-state index in [9.17, 15) is 4.79 Å². The number of rotatable bonds is 2. The lowest BCUT2D eigenvalue weighted by atomic mass is 9.86. The van der Waals surface area contributed by atoms with Crippen molar-refractivity contribution in [3.05, 3.63) is 35.9 Å². The van der Waals surface area contributed by atoms with Crippen LogP contribution in [0.2, 0.25) is 0 Å². The van der Waals surface area contributed by atoms with Gasteiger partial charge in [0, 0.05) is 18.7 Å². The summed E-state index contributed by atoms with van der Waals surface area (Å²) in [6.07, 6.45) is 4.79. The molecule has 1 amide bonds. The van der Waals surface area contributed by atoms with Gasteiger partial charge >= 0.3 is 0 Å². The zero-order valence-corrected chi connectivity index (χ0v) is 10.7.